The average molecular weight is 414 g/mol. The number of hydrogen-bond donors (Lipinski definition) is 1. The minimum absolute atomic E-state index is 0.0741. The van der Waals surface area contributed by atoms with Gasteiger partial charge in [0, 0.05) is 17.3 Å². The zero-order chi connectivity index (χ0) is 21.0. The quantitative estimate of drug-likeness (QED) is 0.490. The lowest BCUT2D eigenvalue weighted by Gasteiger charge is -2.11. The SMILES string of the molecule is COc1cc([N+](=O)[O-])ccc1NC(=O)c1cccn(Cc2cccc(Cl)c2)c1=O. The highest BCUT2D eigenvalue weighted by Crippen LogP contribution is 2.29. The molecule has 8 nitrogen and oxygen atoms in total. The van der Waals surface area contributed by atoms with Crippen molar-refractivity contribution in [3.05, 3.63) is 97.4 Å². The number of hydrogen-bond acceptors (Lipinski definition) is 5. The van der Waals surface area contributed by atoms with Crippen molar-refractivity contribution in [2.75, 3.05) is 12.4 Å². The largest absolute Gasteiger partial charge is 0.494 e. The van der Waals surface area contributed by atoms with Crippen LogP contribution in [0.5, 0.6) is 5.75 Å². The summed E-state index contributed by atoms with van der Waals surface area (Å²) in [5, 5.41) is 14.0. The zero-order valence-electron chi connectivity index (χ0n) is 15.3. The molecule has 0 radical (unpaired) electrons. The Bertz CT molecular complexity index is 1140. The Kier molecular flexibility index (Phi) is 5.94. The number of halogens is 1. The van der Waals surface area contributed by atoms with Crippen molar-refractivity contribution in [1.29, 1.82) is 0 Å². The smallest absolute Gasteiger partial charge is 0.273 e. The molecular formula is C20H16ClN3O5. The summed E-state index contributed by atoms with van der Waals surface area (Å²) in [6.07, 6.45) is 1.58. The summed E-state index contributed by atoms with van der Waals surface area (Å²) in [6, 6.07) is 13.9. The second-order valence-corrected chi connectivity index (χ2v) is 6.52. The molecule has 1 amide bonds. The van der Waals surface area contributed by atoms with Crippen LogP contribution in [0.3, 0.4) is 0 Å². The van der Waals surface area contributed by atoms with Gasteiger partial charge in [-0.1, -0.05) is 23.7 Å². The fourth-order valence-electron chi connectivity index (χ4n) is 2.75. The second kappa shape index (κ2) is 8.57. The van der Waals surface area contributed by atoms with Gasteiger partial charge in [-0.25, -0.2) is 0 Å². The standard InChI is InChI=1S/C20H16ClN3O5/c1-29-18-11-15(24(27)28)7-8-17(18)22-19(25)16-6-3-9-23(20(16)26)12-13-4-2-5-14(21)10-13/h2-11H,12H2,1H3,(H,22,25). The molecule has 2 aromatic carbocycles. The van der Waals surface area contributed by atoms with E-state index in [1.807, 2.05) is 6.07 Å². The van der Waals surface area contributed by atoms with Crippen LogP contribution < -0.4 is 15.6 Å². The molecule has 0 saturated heterocycles. The fourth-order valence-corrected chi connectivity index (χ4v) is 2.97. The van der Waals surface area contributed by atoms with Crippen molar-refractivity contribution in [3.63, 3.8) is 0 Å². The van der Waals surface area contributed by atoms with E-state index >= 15 is 0 Å². The molecule has 0 saturated carbocycles. The van der Waals surface area contributed by atoms with Gasteiger partial charge in [-0.2, -0.15) is 0 Å². The number of non-ortho nitro benzene ring substituents is 1. The van der Waals surface area contributed by atoms with Gasteiger partial charge in [0.1, 0.15) is 11.3 Å². The van der Waals surface area contributed by atoms with E-state index in [2.05, 4.69) is 5.32 Å². The van der Waals surface area contributed by atoms with E-state index in [9.17, 15) is 19.7 Å². The van der Waals surface area contributed by atoms with Gasteiger partial charge in [-0.15, -0.1) is 0 Å². The molecule has 29 heavy (non-hydrogen) atoms. The number of benzene rings is 2. The number of methoxy groups -OCH3 is 1. The first-order valence-corrected chi connectivity index (χ1v) is 8.84. The Morgan fingerprint density at radius 1 is 1.21 bits per heavy atom. The number of ether oxygens (including phenoxy) is 1. The number of aromatic nitrogens is 1. The van der Waals surface area contributed by atoms with Gasteiger partial charge >= 0.3 is 0 Å². The predicted octanol–water partition coefficient (Wildman–Crippen LogP) is 3.72. The Morgan fingerprint density at radius 3 is 2.69 bits per heavy atom. The van der Waals surface area contributed by atoms with Gasteiger partial charge < -0.3 is 14.6 Å². The summed E-state index contributed by atoms with van der Waals surface area (Å²) in [5.74, 6) is -0.537. The lowest BCUT2D eigenvalue weighted by Crippen LogP contribution is -2.29. The molecule has 0 bridgehead atoms. The number of nitrogens with zero attached hydrogens (tertiary/aromatic N) is 2. The Balaban J connectivity index is 1.87. The summed E-state index contributed by atoms with van der Waals surface area (Å²) in [4.78, 5) is 35.7. The molecule has 0 aliphatic rings. The van der Waals surface area contributed by atoms with Gasteiger partial charge in [0.25, 0.3) is 17.2 Å². The molecule has 1 N–H and O–H groups in total. The molecule has 1 aromatic heterocycles. The van der Waals surface area contributed by atoms with E-state index in [0.29, 0.717) is 5.02 Å². The second-order valence-electron chi connectivity index (χ2n) is 6.08. The maximum absolute atomic E-state index is 12.7. The zero-order valence-corrected chi connectivity index (χ0v) is 16.1. The third-order valence-corrected chi connectivity index (χ3v) is 4.39. The number of nitro groups is 1. The van der Waals surface area contributed by atoms with Crippen LogP contribution in [0, 0.1) is 10.1 Å². The molecule has 3 aromatic rings. The van der Waals surface area contributed by atoms with Crippen LogP contribution in [0.4, 0.5) is 11.4 Å². The average Bonchev–Trinajstić information content (AvgIpc) is 2.69. The number of carbonyl (C=O) groups excluding carboxylic acids is 1. The summed E-state index contributed by atoms with van der Waals surface area (Å²) >= 11 is 5.98. The molecule has 0 unspecified atom stereocenters. The van der Waals surface area contributed by atoms with E-state index in [1.165, 1.54) is 35.9 Å². The lowest BCUT2D eigenvalue weighted by atomic mass is 10.2. The number of carbonyl (C=O) groups is 1. The van der Waals surface area contributed by atoms with Crippen molar-refractivity contribution >= 4 is 28.9 Å². The predicted molar refractivity (Wildman–Crippen MR) is 109 cm³/mol. The first kappa shape index (κ1) is 20.1. The van der Waals surface area contributed by atoms with Gasteiger partial charge in [0.2, 0.25) is 0 Å². The van der Waals surface area contributed by atoms with Crippen molar-refractivity contribution in [1.82, 2.24) is 4.57 Å². The fraction of sp³-hybridized carbons (Fsp3) is 0.100. The molecule has 148 valence electrons. The van der Waals surface area contributed by atoms with E-state index < -0.39 is 16.4 Å². The molecule has 0 aliphatic heterocycles. The molecular weight excluding hydrogens is 398 g/mol. The summed E-state index contributed by atoms with van der Waals surface area (Å²) < 4.78 is 6.50. The molecule has 0 spiro atoms. The first-order valence-electron chi connectivity index (χ1n) is 8.46. The van der Waals surface area contributed by atoms with E-state index in [1.54, 1.807) is 30.5 Å². The minimum Gasteiger partial charge on any atom is -0.494 e. The molecule has 9 heteroatoms. The Morgan fingerprint density at radius 2 is 2.00 bits per heavy atom. The maximum Gasteiger partial charge on any atom is 0.273 e. The number of pyridine rings is 1. The van der Waals surface area contributed by atoms with Crippen LogP contribution in [0.25, 0.3) is 0 Å². The lowest BCUT2D eigenvalue weighted by molar-refractivity contribution is -0.384. The highest BCUT2D eigenvalue weighted by molar-refractivity contribution is 6.30. The number of rotatable bonds is 6. The Labute approximate surface area is 170 Å². The number of amides is 1. The first-order chi connectivity index (χ1) is 13.9. The molecule has 3 rings (SSSR count). The van der Waals surface area contributed by atoms with E-state index in [0.717, 1.165) is 5.56 Å². The van der Waals surface area contributed by atoms with Crippen LogP contribution in [-0.4, -0.2) is 22.5 Å². The number of anilines is 1. The maximum atomic E-state index is 12.7. The third-order valence-electron chi connectivity index (χ3n) is 4.15. The molecule has 0 atom stereocenters. The van der Waals surface area contributed by atoms with Crippen LogP contribution >= 0.6 is 11.6 Å². The van der Waals surface area contributed by atoms with Crippen LogP contribution in [-0.2, 0) is 6.54 Å². The summed E-state index contributed by atoms with van der Waals surface area (Å²) in [6.45, 7) is 0.251. The van der Waals surface area contributed by atoms with E-state index in [-0.39, 0.29) is 29.2 Å². The van der Waals surface area contributed by atoms with Crippen molar-refractivity contribution < 1.29 is 14.5 Å². The third kappa shape index (κ3) is 4.61. The highest BCUT2D eigenvalue weighted by atomic mass is 35.5. The Hall–Kier alpha value is -3.65. The summed E-state index contributed by atoms with van der Waals surface area (Å²) in [5.41, 5.74) is 0.297. The van der Waals surface area contributed by atoms with Gasteiger partial charge in [0.15, 0.2) is 0 Å². The minimum atomic E-state index is -0.650. The highest BCUT2D eigenvalue weighted by Gasteiger charge is 2.17. The van der Waals surface area contributed by atoms with Gasteiger partial charge in [-0.3, -0.25) is 19.7 Å². The van der Waals surface area contributed by atoms with E-state index in [4.69, 9.17) is 16.3 Å². The van der Waals surface area contributed by atoms with Crippen LogP contribution in [0.2, 0.25) is 5.02 Å². The molecule has 1 heterocycles. The van der Waals surface area contributed by atoms with Crippen LogP contribution in [0.15, 0.2) is 65.6 Å². The van der Waals surface area contributed by atoms with Gasteiger partial charge in [0.05, 0.1) is 30.3 Å². The monoisotopic (exact) mass is 413 g/mol. The topological polar surface area (TPSA) is 103 Å². The molecule has 0 fully saturated rings. The van der Waals surface area contributed by atoms with Crippen molar-refractivity contribution in [2.24, 2.45) is 0 Å². The summed E-state index contributed by atoms with van der Waals surface area (Å²) in [7, 11) is 1.33. The van der Waals surface area contributed by atoms with Crippen LogP contribution in [0.1, 0.15) is 15.9 Å². The normalized spacial score (nSPS) is 10.4. The number of nitrogens with one attached hydrogen (secondary N) is 1. The van der Waals surface area contributed by atoms with Crippen molar-refractivity contribution in [3.8, 4) is 5.75 Å². The van der Waals surface area contributed by atoms with Crippen molar-refractivity contribution in [2.45, 2.75) is 6.54 Å². The van der Waals surface area contributed by atoms with Gasteiger partial charge in [-0.05, 0) is 35.9 Å². The number of nitro benzene ring substituents is 1. The molecule has 0 aliphatic carbocycles.